The molecule has 6 rings (SSSR count). The highest BCUT2D eigenvalue weighted by molar-refractivity contribution is 7.52. The van der Waals surface area contributed by atoms with Gasteiger partial charge in [-0.05, 0) is 71.2 Å². The maximum atomic E-state index is 16.0. The van der Waals surface area contributed by atoms with E-state index in [0.717, 1.165) is 66.8 Å². The van der Waals surface area contributed by atoms with Gasteiger partial charge in [0.2, 0.25) is 0 Å². The highest BCUT2D eigenvalue weighted by Crippen LogP contribution is 2.63. The van der Waals surface area contributed by atoms with E-state index in [-0.39, 0.29) is 44.4 Å². The highest BCUT2D eigenvalue weighted by Gasteiger charge is 2.46. The molecule has 3 aliphatic rings. The van der Waals surface area contributed by atoms with Gasteiger partial charge in [-0.15, -0.1) is 0 Å². The molecule has 12 heteroatoms. The van der Waals surface area contributed by atoms with Crippen molar-refractivity contribution < 1.29 is 39.9 Å². The van der Waals surface area contributed by atoms with Crippen molar-refractivity contribution in [3.05, 3.63) is 121 Å². The first-order valence-electron chi connectivity index (χ1n) is 26.1. The maximum Gasteiger partial charge on any atom is 0.689 e. The molecule has 0 bridgehead atoms. The van der Waals surface area contributed by atoms with Crippen molar-refractivity contribution in [1.29, 1.82) is 0 Å². The van der Waals surface area contributed by atoms with Crippen LogP contribution in [0.2, 0.25) is 0 Å². The molecule has 0 fully saturated rings. The minimum atomic E-state index is -4.68. The fraction of sp³-hybridized carbons (Fsp3) is 0.607. The predicted molar refractivity (Wildman–Crippen MR) is 304 cm³/mol. The molecule has 0 amide bonds. The molecule has 9 nitrogen and oxygen atoms in total. The second kappa shape index (κ2) is 19.8. The fourth-order valence-corrected chi connectivity index (χ4v) is 13.2. The summed E-state index contributed by atoms with van der Waals surface area (Å²) in [6.45, 7) is 56.7. The molecule has 2 N–H and O–H groups in total. The van der Waals surface area contributed by atoms with Gasteiger partial charge in [0.05, 0.1) is 0 Å². The third-order valence-electron chi connectivity index (χ3n) is 14.6. The molecule has 0 saturated heterocycles. The Balaban J connectivity index is 0.00000988. The van der Waals surface area contributed by atoms with Crippen LogP contribution >= 0.6 is 15.6 Å². The third-order valence-corrected chi connectivity index (χ3v) is 19.0. The van der Waals surface area contributed by atoms with Crippen molar-refractivity contribution in [2.24, 2.45) is 10.8 Å². The Morgan fingerprint density at radius 3 is 1.07 bits per heavy atom. The first-order chi connectivity index (χ1) is 32.2. The van der Waals surface area contributed by atoms with Gasteiger partial charge in [0.1, 0.15) is 23.0 Å². The molecule has 73 heavy (non-hydrogen) atoms. The quantitative estimate of drug-likeness (QED) is 0.187. The van der Waals surface area contributed by atoms with Gasteiger partial charge in [-0.25, -0.2) is 9.13 Å². The van der Waals surface area contributed by atoms with E-state index in [2.05, 4.69) is 229 Å². The minimum Gasteiger partial charge on any atom is -0.412 e. The lowest BCUT2D eigenvalue weighted by molar-refractivity contribution is 0.228. The maximum absolute atomic E-state index is 16.0. The van der Waals surface area contributed by atoms with Gasteiger partial charge < -0.3 is 30.7 Å². The Kier molecular flexibility index (Phi) is 16.5. The first-order valence-corrected chi connectivity index (χ1v) is 30.0. The molecule has 2 unspecified atom stereocenters. The zero-order chi connectivity index (χ0) is 54.7. The average molecular weight is 1060 g/mol. The Labute approximate surface area is 449 Å². The Morgan fingerprint density at radius 2 is 0.767 bits per heavy atom. The number of hydrogen-bond donors (Lipinski definition) is 0. The third kappa shape index (κ3) is 13.2. The van der Waals surface area contributed by atoms with Crippen LogP contribution < -0.4 is 13.6 Å². The molecule has 0 spiro atoms. The Morgan fingerprint density at radius 1 is 0.438 bits per heavy atom. The van der Waals surface area contributed by atoms with Gasteiger partial charge in [-0.3, -0.25) is 0 Å². The van der Waals surface area contributed by atoms with Crippen molar-refractivity contribution in [2.45, 2.75) is 231 Å². The summed E-state index contributed by atoms with van der Waals surface area (Å²) in [5.74, 6) is 1.40. The van der Waals surface area contributed by atoms with Crippen molar-refractivity contribution in [3.8, 4) is 17.2 Å². The first kappa shape index (κ1) is 60.8. The average Bonchev–Trinajstić information content (AvgIpc) is 3.37. The fourth-order valence-electron chi connectivity index (χ4n) is 9.42. The second-order valence-electron chi connectivity index (χ2n) is 29.2. The zero-order valence-corrected chi connectivity index (χ0v) is 52.7. The van der Waals surface area contributed by atoms with E-state index in [9.17, 15) is 0 Å². The van der Waals surface area contributed by atoms with Gasteiger partial charge in [0.25, 0.3) is 0 Å². The van der Waals surface area contributed by atoms with E-state index in [0.29, 0.717) is 29.4 Å². The van der Waals surface area contributed by atoms with Gasteiger partial charge >= 0.3 is 31.5 Å². The normalized spacial score (nSPS) is 22.3. The van der Waals surface area contributed by atoms with E-state index in [1.54, 1.807) is 0 Å². The number of hydrogen-bond acceptors (Lipinski definition) is 8. The second-order valence-corrected chi connectivity index (χ2v) is 33.6. The molecular weight excluding hydrogens is 966 g/mol. The van der Waals surface area contributed by atoms with Crippen LogP contribution in [0.25, 0.3) is 0 Å². The molecule has 3 aromatic rings. The summed E-state index contributed by atoms with van der Waals surface area (Å²) >= 11 is -1.88. The lowest BCUT2D eigenvalue weighted by Gasteiger charge is -2.37. The largest absolute Gasteiger partial charge is 0.689 e. The summed E-state index contributed by atoms with van der Waals surface area (Å²) in [6, 6.07) is 13.1. The Bertz CT molecular complexity index is 2720. The number of rotatable bonds is 4. The molecule has 0 aromatic heterocycles. The van der Waals surface area contributed by atoms with Crippen molar-refractivity contribution in [1.82, 2.24) is 0 Å². The summed E-state index contributed by atoms with van der Waals surface area (Å²) in [7, 11) is -9.34. The smallest absolute Gasteiger partial charge is 0.412 e. The molecule has 403 valence electrons. The lowest BCUT2D eigenvalue weighted by Crippen LogP contribution is -2.24. The van der Waals surface area contributed by atoms with Crippen LogP contribution in [0, 0.1) is 10.8 Å². The number of allylic oxidation sites excluding steroid dienone is 5. The van der Waals surface area contributed by atoms with Gasteiger partial charge in [-0.1, -0.05) is 234 Å². The number of benzene rings is 3. The van der Waals surface area contributed by atoms with E-state index >= 15 is 9.13 Å². The molecule has 3 aromatic carbocycles. The number of phosphoric acid groups is 2. The van der Waals surface area contributed by atoms with E-state index in [1.807, 2.05) is 0 Å². The summed E-state index contributed by atoms with van der Waals surface area (Å²) < 4.78 is 72.4. The topological polar surface area (TPSA) is 121 Å². The highest BCUT2D eigenvalue weighted by atomic mass is 31.2. The van der Waals surface area contributed by atoms with Crippen LogP contribution in [-0.4, -0.2) is 21.4 Å². The van der Waals surface area contributed by atoms with Crippen LogP contribution in [0.3, 0.4) is 0 Å². The van der Waals surface area contributed by atoms with Crippen molar-refractivity contribution in [2.75, 3.05) is 0 Å². The summed E-state index contributed by atoms with van der Waals surface area (Å²) in [5, 5.41) is 0. The lowest BCUT2D eigenvalue weighted by atomic mass is 9.74. The molecule has 1 radical (unpaired) electrons. The van der Waals surface area contributed by atoms with Crippen LogP contribution in [-0.2, 0) is 53.3 Å². The van der Waals surface area contributed by atoms with Crippen molar-refractivity contribution >= 4 is 31.5 Å². The monoisotopic (exact) mass is 1060 g/mol. The molecular formula is C61H92AlO9P2. The number of phosphoric ester groups is 2. The van der Waals surface area contributed by atoms with Gasteiger partial charge in [-0.2, -0.15) is 0 Å². The molecule has 1 aliphatic carbocycles. The Hall–Kier alpha value is -3.05. The predicted octanol–water partition coefficient (Wildman–Crippen LogP) is 18.2. The van der Waals surface area contributed by atoms with Crippen LogP contribution in [0.15, 0.2) is 71.0 Å². The molecule has 2 heterocycles. The SMILES string of the molecule is CC1C2=C(CC(C(C)(C)C)=CC(C(C)(C)C)=C2)OP(=O)([O][Al][O]P2(=O)Oc3c(cc(C(C)(C)C)cc3C(C)(C)C)C(C)c3cc(C(C)(C)C)cc(C(C)(C)C)c3O2)Oc2c1cc(C(C)(C)C)cc2C(C)(C)C.O. The van der Waals surface area contributed by atoms with Gasteiger partial charge in [0.15, 0.2) is 0 Å². The van der Waals surface area contributed by atoms with Gasteiger partial charge in [0, 0.05) is 51.6 Å². The van der Waals surface area contributed by atoms with E-state index in [4.69, 9.17) is 25.2 Å². The molecule has 2 aliphatic heterocycles. The van der Waals surface area contributed by atoms with E-state index in [1.165, 1.54) is 0 Å². The summed E-state index contributed by atoms with van der Waals surface area (Å²) in [5.41, 5.74) is 9.44. The standard InChI is InChI=1S/C31H47O4P.C30H45O4P.Al.H2O/c1-19-23-15-20(28(2,3)4)14-21(29(5,6)7)18-26(23)34-36(32,33)35-27-24(19)16-22(30(8,9)10)17-25(27)31(11,12)13;1-18-21-14-19(27(2,3)4)16-23(29(8,9)10)25(21)33-35(31,32)34-26-22(18)15-20(28(5,6)7)17-24(26)30(11,12)13;;/h14-17,19H,18H2,1-13H3,(H,32,33);14-18H,1-13H3,(H,31,32);;1H2/q;;+2;/p-2. The summed E-state index contributed by atoms with van der Waals surface area (Å²) in [6.07, 6.45) is 4.89. The van der Waals surface area contributed by atoms with Crippen LogP contribution in [0.4, 0.5) is 0 Å². The van der Waals surface area contributed by atoms with Crippen LogP contribution in [0.5, 0.6) is 17.2 Å². The minimum absolute atomic E-state index is 0. The molecule has 0 saturated carbocycles. The van der Waals surface area contributed by atoms with Crippen LogP contribution in [0.1, 0.15) is 248 Å². The molecule has 2 atom stereocenters. The zero-order valence-electron chi connectivity index (χ0n) is 49.7. The summed E-state index contributed by atoms with van der Waals surface area (Å²) in [4.78, 5) is 0. The van der Waals surface area contributed by atoms with Crippen molar-refractivity contribution in [3.63, 3.8) is 0 Å². The van der Waals surface area contributed by atoms with E-state index < -0.39 is 47.8 Å². The number of fused-ring (bicyclic) bond motifs is 3.